The van der Waals surface area contributed by atoms with Gasteiger partial charge in [-0.25, -0.2) is 9.37 Å². The smallest absolute Gasteiger partial charge is 0.154 e. The summed E-state index contributed by atoms with van der Waals surface area (Å²) in [5.74, 6) is -0.513. The standard InChI is InChI=1S/C11H10FN3S2/c1-6-5-16-11(15-6)17-9-3-2-7(10(13)14)4-8(9)12/h2-5H,1H3,(H3,13,14). The van der Waals surface area contributed by atoms with Gasteiger partial charge in [0.2, 0.25) is 0 Å². The van der Waals surface area contributed by atoms with Crippen molar-refractivity contribution in [3.63, 3.8) is 0 Å². The fourth-order valence-corrected chi connectivity index (χ4v) is 3.02. The minimum atomic E-state index is -0.379. The van der Waals surface area contributed by atoms with E-state index in [1.54, 1.807) is 12.1 Å². The lowest BCUT2D eigenvalue weighted by Crippen LogP contribution is -2.11. The molecule has 0 bridgehead atoms. The first-order valence-corrected chi connectivity index (χ1v) is 6.50. The van der Waals surface area contributed by atoms with Crippen molar-refractivity contribution in [2.45, 2.75) is 16.2 Å². The molecule has 6 heteroatoms. The van der Waals surface area contributed by atoms with Crippen LogP contribution in [0.15, 0.2) is 32.8 Å². The average Bonchev–Trinajstić information content (AvgIpc) is 2.67. The number of amidine groups is 1. The number of halogens is 1. The Bertz CT molecular complexity index is 566. The van der Waals surface area contributed by atoms with Crippen molar-refractivity contribution in [1.82, 2.24) is 4.98 Å². The molecule has 1 aromatic carbocycles. The van der Waals surface area contributed by atoms with Gasteiger partial charge in [-0.1, -0.05) is 11.8 Å². The molecule has 0 atom stereocenters. The molecule has 17 heavy (non-hydrogen) atoms. The summed E-state index contributed by atoms with van der Waals surface area (Å²) in [5, 5.41) is 9.14. The number of hydrogen-bond acceptors (Lipinski definition) is 4. The number of aryl methyl sites for hydroxylation is 1. The van der Waals surface area contributed by atoms with E-state index in [-0.39, 0.29) is 11.7 Å². The third-order valence-electron chi connectivity index (χ3n) is 2.04. The van der Waals surface area contributed by atoms with Gasteiger partial charge >= 0.3 is 0 Å². The van der Waals surface area contributed by atoms with E-state index in [2.05, 4.69) is 4.98 Å². The molecule has 0 fully saturated rings. The zero-order valence-electron chi connectivity index (χ0n) is 9.03. The molecule has 3 nitrogen and oxygen atoms in total. The van der Waals surface area contributed by atoms with Crippen LogP contribution in [-0.2, 0) is 0 Å². The van der Waals surface area contributed by atoms with Crippen molar-refractivity contribution in [1.29, 1.82) is 5.41 Å². The van der Waals surface area contributed by atoms with Gasteiger partial charge in [0.25, 0.3) is 0 Å². The molecule has 0 aliphatic carbocycles. The number of nitrogens with two attached hydrogens (primary N) is 1. The predicted octanol–water partition coefficient (Wildman–Crippen LogP) is 3.03. The maximum atomic E-state index is 13.7. The van der Waals surface area contributed by atoms with Crippen LogP contribution in [-0.4, -0.2) is 10.8 Å². The third kappa shape index (κ3) is 2.83. The molecule has 0 saturated heterocycles. The molecule has 0 aliphatic heterocycles. The Morgan fingerprint density at radius 2 is 2.29 bits per heavy atom. The van der Waals surface area contributed by atoms with E-state index in [1.807, 2.05) is 12.3 Å². The molecular weight excluding hydrogens is 257 g/mol. The van der Waals surface area contributed by atoms with E-state index in [4.69, 9.17) is 11.1 Å². The quantitative estimate of drug-likeness (QED) is 0.663. The summed E-state index contributed by atoms with van der Waals surface area (Å²) in [6.45, 7) is 1.90. The number of nitrogens with one attached hydrogen (secondary N) is 1. The third-order valence-corrected chi connectivity index (χ3v) is 4.15. The van der Waals surface area contributed by atoms with Crippen LogP contribution in [0.3, 0.4) is 0 Å². The Labute approximate surface area is 106 Å². The molecule has 0 aliphatic rings. The maximum Gasteiger partial charge on any atom is 0.154 e. The molecule has 2 rings (SSSR count). The Morgan fingerprint density at radius 3 is 2.82 bits per heavy atom. The first kappa shape index (κ1) is 12.1. The summed E-state index contributed by atoms with van der Waals surface area (Å²) >= 11 is 2.76. The van der Waals surface area contributed by atoms with Crippen molar-refractivity contribution >= 4 is 28.9 Å². The van der Waals surface area contributed by atoms with E-state index >= 15 is 0 Å². The summed E-state index contributed by atoms with van der Waals surface area (Å²) in [6, 6.07) is 4.52. The highest BCUT2D eigenvalue weighted by molar-refractivity contribution is 8.01. The molecule has 3 N–H and O–H groups in total. The molecule has 0 saturated carbocycles. The van der Waals surface area contributed by atoms with Gasteiger partial charge in [-0.2, -0.15) is 0 Å². The SMILES string of the molecule is Cc1csc(Sc2ccc(C(=N)N)cc2F)n1. The molecule has 0 unspecified atom stereocenters. The second kappa shape index (κ2) is 4.85. The minimum Gasteiger partial charge on any atom is -0.384 e. The Balaban J connectivity index is 2.25. The predicted molar refractivity (Wildman–Crippen MR) is 68.4 cm³/mol. The van der Waals surface area contributed by atoms with Gasteiger partial charge in [0.1, 0.15) is 11.7 Å². The van der Waals surface area contributed by atoms with Crippen LogP contribution < -0.4 is 5.73 Å². The summed E-state index contributed by atoms with van der Waals surface area (Å²) in [7, 11) is 0. The fraction of sp³-hybridized carbons (Fsp3) is 0.0909. The van der Waals surface area contributed by atoms with Gasteiger partial charge < -0.3 is 5.73 Å². The van der Waals surface area contributed by atoms with Crippen LogP contribution in [0.1, 0.15) is 11.3 Å². The molecule has 0 spiro atoms. The number of hydrogen-bond donors (Lipinski definition) is 2. The lowest BCUT2D eigenvalue weighted by molar-refractivity contribution is 0.601. The van der Waals surface area contributed by atoms with Gasteiger partial charge in [-0.3, -0.25) is 5.41 Å². The van der Waals surface area contributed by atoms with Crippen molar-refractivity contribution in [2.75, 3.05) is 0 Å². The average molecular weight is 267 g/mol. The first-order valence-electron chi connectivity index (χ1n) is 4.80. The molecule has 88 valence electrons. The van der Waals surface area contributed by atoms with Crippen LogP contribution in [0.2, 0.25) is 0 Å². The topological polar surface area (TPSA) is 62.8 Å². The van der Waals surface area contributed by atoms with Crippen molar-refractivity contribution in [3.8, 4) is 0 Å². The van der Waals surface area contributed by atoms with Crippen molar-refractivity contribution < 1.29 is 4.39 Å². The minimum absolute atomic E-state index is 0.134. The van der Waals surface area contributed by atoms with Crippen LogP contribution in [0.25, 0.3) is 0 Å². The maximum absolute atomic E-state index is 13.7. The van der Waals surface area contributed by atoms with E-state index < -0.39 is 0 Å². The number of benzene rings is 1. The molecule has 0 amide bonds. The van der Waals surface area contributed by atoms with Gasteiger partial charge in [-0.15, -0.1) is 11.3 Å². The Morgan fingerprint density at radius 1 is 1.53 bits per heavy atom. The highest BCUT2D eigenvalue weighted by atomic mass is 32.2. The number of nitrogen functional groups attached to an aromatic ring is 1. The van der Waals surface area contributed by atoms with Gasteiger partial charge in [0.15, 0.2) is 4.34 Å². The first-order chi connectivity index (χ1) is 8.06. The highest BCUT2D eigenvalue weighted by Gasteiger charge is 2.08. The zero-order chi connectivity index (χ0) is 12.4. The highest BCUT2D eigenvalue weighted by Crippen LogP contribution is 2.32. The van der Waals surface area contributed by atoms with Crippen molar-refractivity contribution in [3.05, 3.63) is 40.7 Å². The second-order valence-electron chi connectivity index (χ2n) is 3.42. The number of aromatic nitrogens is 1. The second-order valence-corrected chi connectivity index (χ2v) is 5.56. The molecule has 1 aromatic heterocycles. The summed E-state index contributed by atoms with van der Waals surface area (Å²) in [4.78, 5) is 4.74. The molecular formula is C11H10FN3S2. The molecule has 2 aromatic rings. The van der Waals surface area contributed by atoms with E-state index in [0.717, 1.165) is 10.0 Å². The lowest BCUT2D eigenvalue weighted by atomic mass is 10.2. The van der Waals surface area contributed by atoms with Gasteiger partial charge in [0.05, 0.1) is 4.90 Å². The normalized spacial score (nSPS) is 10.5. The van der Waals surface area contributed by atoms with E-state index in [9.17, 15) is 4.39 Å². The molecule has 0 radical (unpaired) electrons. The number of rotatable bonds is 3. The summed E-state index contributed by atoms with van der Waals surface area (Å²) < 4.78 is 14.5. The number of nitrogens with zero attached hydrogens (tertiary/aromatic N) is 1. The largest absolute Gasteiger partial charge is 0.384 e. The van der Waals surface area contributed by atoms with E-state index in [0.29, 0.717) is 10.5 Å². The fourth-order valence-electron chi connectivity index (χ4n) is 1.22. The van der Waals surface area contributed by atoms with Crippen LogP contribution >= 0.6 is 23.1 Å². The zero-order valence-corrected chi connectivity index (χ0v) is 10.7. The lowest BCUT2D eigenvalue weighted by Gasteiger charge is -2.03. The summed E-state index contributed by atoms with van der Waals surface area (Å²) in [5.41, 5.74) is 6.61. The summed E-state index contributed by atoms with van der Waals surface area (Å²) in [6.07, 6.45) is 0. The van der Waals surface area contributed by atoms with Crippen molar-refractivity contribution in [2.24, 2.45) is 5.73 Å². The van der Waals surface area contributed by atoms with Gasteiger partial charge in [0, 0.05) is 16.6 Å². The monoisotopic (exact) mass is 267 g/mol. The molecule has 1 heterocycles. The Kier molecular flexibility index (Phi) is 3.44. The van der Waals surface area contributed by atoms with Crippen LogP contribution in [0.4, 0.5) is 4.39 Å². The number of thiazole rings is 1. The van der Waals surface area contributed by atoms with Crippen LogP contribution in [0.5, 0.6) is 0 Å². The van der Waals surface area contributed by atoms with E-state index in [1.165, 1.54) is 29.2 Å². The Hall–Kier alpha value is -1.40. The van der Waals surface area contributed by atoms with Crippen LogP contribution in [0, 0.1) is 18.2 Å². The van der Waals surface area contributed by atoms with Gasteiger partial charge in [-0.05, 0) is 25.1 Å².